The smallest absolute Gasteiger partial charge is 0.258 e. The SMILES string of the molecule is CN(C)C(CNC(=O)C1CCCN1C(=O)c1ccccc1O)c1cccs1. The number of likely N-dealkylation sites (tertiary alicyclic amines) is 1. The molecule has 0 radical (unpaired) electrons. The molecule has 2 amide bonds. The number of aromatic hydroxyl groups is 1. The van der Waals surface area contributed by atoms with Crippen molar-refractivity contribution >= 4 is 23.2 Å². The number of benzene rings is 1. The van der Waals surface area contributed by atoms with E-state index < -0.39 is 6.04 Å². The summed E-state index contributed by atoms with van der Waals surface area (Å²) in [6, 6.07) is 10.1. The molecule has 0 aliphatic carbocycles. The van der Waals surface area contributed by atoms with Crippen LogP contribution in [0.4, 0.5) is 0 Å². The number of thiophene rings is 1. The van der Waals surface area contributed by atoms with Gasteiger partial charge in [-0.3, -0.25) is 9.59 Å². The molecular weight excluding hydrogens is 362 g/mol. The third kappa shape index (κ3) is 4.31. The number of para-hydroxylation sites is 1. The molecule has 1 aromatic carbocycles. The molecule has 0 saturated carbocycles. The average Bonchev–Trinajstić information content (AvgIpc) is 3.33. The number of hydrogen-bond donors (Lipinski definition) is 2. The highest BCUT2D eigenvalue weighted by Gasteiger charge is 2.35. The van der Waals surface area contributed by atoms with Crippen molar-refractivity contribution in [3.63, 3.8) is 0 Å². The molecule has 3 rings (SSSR count). The number of carbonyl (C=O) groups excluding carboxylic acids is 2. The predicted molar refractivity (Wildman–Crippen MR) is 106 cm³/mol. The first kappa shape index (κ1) is 19.4. The molecule has 0 bridgehead atoms. The molecule has 27 heavy (non-hydrogen) atoms. The lowest BCUT2D eigenvalue weighted by Crippen LogP contribution is -2.47. The van der Waals surface area contributed by atoms with Gasteiger partial charge in [0, 0.05) is 18.0 Å². The van der Waals surface area contributed by atoms with Crippen molar-refractivity contribution in [2.75, 3.05) is 27.2 Å². The van der Waals surface area contributed by atoms with Crippen molar-refractivity contribution in [3.8, 4) is 5.75 Å². The summed E-state index contributed by atoms with van der Waals surface area (Å²) < 4.78 is 0. The highest BCUT2D eigenvalue weighted by atomic mass is 32.1. The summed E-state index contributed by atoms with van der Waals surface area (Å²) in [6.45, 7) is 1.01. The molecule has 1 aromatic heterocycles. The Morgan fingerprint density at radius 3 is 2.74 bits per heavy atom. The molecule has 1 aliphatic heterocycles. The van der Waals surface area contributed by atoms with Crippen molar-refractivity contribution in [2.24, 2.45) is 0 Å². The molecule has 1 saturated heterocycles. The van der Waals surface area contributed by atoms with Crippen molar-refractivity contribution < 1.29 is 14.7 Å². The molecule has 6 nitrogen and oxygen atoms in total. The van der Waals surface area contributed by atoms with Crippen LogP contribution in [0, 0.1) is 0 Å². The zero-order valence-corrected chi connectivity index (χ0v) is 16.4. The fraction of sp³-hybridized carbons (Fsp3) is 0.400. The van der Waals surface area contributed by atoms with Gasteiger partial charge in [0.1, 0.15) is 11.8 Å². The summed E-state index contributed by atoms with van der Waals surface area (Å²) in [4.78, 5) is 30.4. The quantitative estimate of drug-likeness (QED) is 0.799. The van der Waals surface area contributed by atoms with Crippen LogP contribution in [-0.4, -0.2) is 59.9 Å². The largest absolute Gasteiger partial charge is 0.507 e. The zero-order valence-electron chi connectivity index (χ0n) is 15.6. The highest BCUT2D eigenvalue weighted by Crippen LogP contribution is 2.25. The van der Waals surface area contributed by atoms with E-state index >= 15 is 0 Å². The number of amides is 2. The van der Waals surface area contributed by atoms with Crippen LogP contribution in [0.15, 0.2) is 41.8 Å². The van der Waals surface area contributed by atoms with E-state index in [2.05, 4.69) is 16.3 Å². The van der Waals surface area contributed by atoms with E-state index in [0.717, 1.165) is 6.42 Å². The van der Waals surface area contributed by atoms with Crippen LogP contribution in [0.1, 0.15) is 34.1 Å². The molecule has 2 atom stereocenters. The van der Waals surface area contributed by atoms with Crippen LogP contribution >= 0.6 is 11.3 Å². The maximum Gasteiger partial charge on any atom is 0.258 e. The summed E-state index contributed by atoms with van der Waals surface area (Å²) >= 11 is 1.66. The lowest BCUT2D eigenvalue weighted by atomic mass is 10.1. The van der Waals surface area contributed by atoms with Crippen molar-refractivity contribution in [2.45, 2.75) is 24.9 Å². The van der Waals surface area contributed by atoms with Crippen LogP contribution in [-0.2, 0) is 4.79 Å². The van der Waals surface area contributed by atoms with Crippen LogP contribution < -0.4 is 5.32 Å². The minimum atomic E-state index is -0.497. The number of likely N-dealkylation sites (N-methyl/N-ethyl adjacent to an activating group) is 1. The Bertz CT molecular complexity index is 792. The molecule has 2 aromatic rings. The van der Waals surface area contributed by atoms with E-state index in [0.29, 0.717) is 19.5 Å². The van der Waals surface area contributed by atoms with E-state index in [4.69, 9.17) is 0 Å². The topological polar surface area (TPSA) is 72.9 Å². The summed E-state index contributed by atoms with van der Waals surface area (Å²) in [6.07, 6.45) is 1.41. The van der Waals surface area contributed by atoms with Gasteiger partial charge >= 0.3 is 0 Å². The third-order valence-corrected chi connectivity index (χ3v) is 5.89. The Kier molecular flexibility index (Phi) is 6.13. The second-order valence-electron chi connectivity index (χ2n) is 6.91. The molecule has 2 heterocycles. The molecule has 1 aliphatic rings. The summed E-state index contributed by atoms with van der Waals surface area (Å²) in [5, 5.41) is 15.0. The van der Waals surface area contributed by atoms with Gasteiger partial charge in [-0.05, 0) is 50.5 Å². The molecule has 144 valence electrons. The summed E-state index contributed by atoms with van der Waals surface area (Å²) in [5.41, 5.74) is 0.238. The molecule has 7 heteroatoms. The van der Waals surface area contributed by atoms with Gasteiger partial charge in [-0.2, -0.15) is 0 Å². The van der Waals surface area contributed by atoms with Gasteiger partial charge in [0.15, 0.2) is 0 Å². The first-order valence-electron chi connectivity index (χ1n) is 9.05. The summed E-state index contributed by atoms with van der Waals surface area (Å²) in [7, 11) is 3.97. The first-order chi connectivity index (χ1) is 13.0. The Hall–Kier alpha value is -2.38. The normalized spacial score (nSPS) is 17.9. The average molecular weight is 388 g/mol. The highest BCUT2D eigenvalue weighted by molar-refractivity contribution is 7.10. The molecule has 0 spiro atoms. The molecular formula is C20H25N3O3S. The number of phenolic OH excluding ortho intramolecular Hbond substituents is 1. The number of nitrogens with zero attached hydrogens (tertiary/aromatic N) is 2. The van der Waals surface area contributed by atoms with Crippen molar-refractivity contribution in [1.29, 1.82) is 0 Å². The zero-order chi connectivity index (χ0) is 19.4. The maximum atomic E-state index is 12.8. The second kappa shape index (κ2) is 8.54. The predicted octanol–water partition coefficient (Wildman–Crippen LogP) is 2.48. The van der Waals surface area contributed by atoms with E-state index in [1.165, 1.54) is 10.9 Å². The Balaban J connectivity index is 1.67. The second-order valence-corrected chi connectivity index (χ2v) is 7.89. The van der Waals surface area contributed by atoms with Gasteiger partial charge < -0.3 is 20.2 Å². The van der Waals surface area contributed by atoms with Crippen LogP contribution in [0.3, 0.4) is 0 Å². The molecule has 2 unspecified atom stereocenters. The minimum absolute atomic E-state index is 0.0566. The van der Waals surface area contributed by atoms with Gasteiger partial charge in [-0.15, -0.1) is 11.3 Å². The number of hydrogen-bond acceptors (Lipinski definition) is 5. The number of rotatable bonds is 6. The van der Waals surface area contributed by atoms with E-state index in [1.54, 1.807) is 34.4 Å². The third-order valence-electron chi connectivity index (χ3n) is 4.92. The standard InChI is InChI=1S/C20H25N3O3S/c1-22(2)16(18-10-6-12-27-18)13-21-19(25)15-8-5-11-23(15)20(26)14-7-3-4-9-17(14)24/h3-4,6-7,9-10,12,15-16,24H,5,8,11,13H2,1-2H3,(H,21,25). The Labute approximate surface area is 163 Å². The van der Waals surface area contributed by atoms with E-state index in [9.17, 15) is 14.7 Å². The van der Waals surface area contributed by atoms with Crippen LogP contribution in [0.25, 0.3) is 0 Å². The molecule has 1 fully saturated rings. The molecule has 2 N–H and O–H groups in total. The van der Waals surface area contributed by atoms with Gasteiger partial charge in [0.05, 0.1) is 11.6 Å². The number of nitrogens with one attached hydrogen (secondary N) is 1. The van der Waals surface area contributed by atoms with Gasteiger partial charge in [0.25, 0.3) is 5.91 Å². The van der Waals surface area contributed by atoms with Gasteiger partial charge in [0.2, 0.25) is 5.91 Å². The van der Waals surface area contributed by atoms with Gasteiger partial charge in [-0.25, -0.2) is 0 Å². The van der Waals surface area contributed by atoms with E-state index in [1.807, 2.05) is 25.5 Å². The Morgan fingerprint density at radius 2 is 2.07 bits per heavy atom. The van der Waals surface area contributed by atoms with Crippen LogP contribution in [0.2, 0.25) is 0 Å². The van der Waals surface area contributed by atoms with Crippen LogP contribution in [0.5, 0.6) is 5.75 Å². The van der Waals surface area contributed by atoms with Crippen molar-refractivity contribution in [1.82, 2.24) is 15.1 Å². The summed E-state index contributed by atoms with van der Waals surface area (Å²) in [5.74, 6) is -0.494. The van der Waals surface area contributed by atoms with Crippen molar-refractivity contribution in [3.05, 3.63) is 52.2 Å². The van der Waals surface area contributed by atoms with E-state index in [-0.39, 0.29) is 29.2 Å². The number of carbonyl (C=O) groups is 2. The first-order valence-corrected chi connectivity index (χ1v) is 9.93. The fourth-order valence-corrected chi connectivity index (χ4v) is 4.35. The lowest BCUT2D eigenvalue weighted by Gasteiger charge is -2.27. The maximum absolute atomic E-state index is 12.8. The monoisotopic (exact) mass is 387 g/mol. The number of phenols is 1. The fourth-order valence-electron chi connectivity index (χ4n) is 3.43. The Morgan fingerprint density at radius 1 is 1.30 bits per heavy atom. The van der Waals surface area contributed by atoms with Gasteiger partial charge in [-0.1, -0.05) is 18.2 Å². The lowest BCUT2D eigenvalue weighted by molar-refractivity contribution is -0.125. The minimum Gasteiger partial charge on any atom is -0.507 e.